The molecule has 5 nitrogen and oxygen atoms in total. The van der Waals surface area contributed by atoms with E-state index >= 15 is 0 Å². The fourth-order valence-corrected chi connectivity index (χ4v) is 2.69. The van der Waals surface area contributed by atoms with Gasteiger partial charge in [0.2, 0.25) is 0 Å². The van der Waals surface area contributed by atoms with Crippen molar-refractivity contribution in [2.75, 3.05) is 25.0 Å². The standard InChI is InChI=1S/C15H23N3O2/c1-3-6-18-7-4-13(5-8-18)17-14-10-12(15(19)20)9-11(2)16-14/h9-10,13H,3-8H2,1-2H3,(H,16,17)(H,19,20). The Morgan fingerprint density at radius 1 is 1.45 bits per heavy atom. The number of pyridine rings is 1. The van der Waals surface area contributed by atoms with E-state index in [1.54, 1.807) is 12.1 Å². The summed E-state index contributed by atoms with van der Waals surface area (Å²) in [7, 11) is 0. The molecule has 1 fully saturated rings. The number of carboxylic acid groups (broad SMARTS) is 1. The molecule has 110 valence electrons. The predicted molar refractivity (Wildman–Crippen MR) is 79.3 cm³/mol. The van der Waals surface area contributed by atoms with Crippen LogP contribution in [0, 0.1) is 6.92 Å². The second kappa shape index (κ2) is 6.70. The van der Waals surface area contributed by atoms with E-state index in [4.69, 9.17) is 5.11 Å². The van der Waals surface area contributed by atoms with Crippen molar-refractivity contribution < 1.29 is 9.90 Å². The molecule has 0 unspecified atom stereocenters. The van der Waals surface area contributed by atoms with Crippen molar-refractivity contribution in [1.82, 2.24) is 9.88 Å². The van der Waals surface area contributed by atoms with Gasteiger partial charge in [-0.25, -0.2) is 9.78 Å². The average molecular weight is 277 g/mol. The molecule has 0 radical (unpaired) electrons. The number of nitrogens with zero attached hydrogens (tertiary/aromatic N) is 2. The third-order valence-electron chi connectivity index (χ3n) is 3.68. The number of carboxylic acids is 1. The number of aromatic nitrogens is 1. The first-order valence-corrected chi connectivity index (χ1v) is 7.29. The van der Waals surface area contributed by atoms with Gasteiger partial charge in [0.25, 0.3) is 0 Å². The van der Waals surface area contributed by atoms with Crippen LogP contribution in [0.15, 0.2) is 12.1 Å². The molecule has 5 heteroatoms. The van der Waals surface area contributed by atoms with Crippen molar-refractivity contribution in [3.05, 3.63) is 23.4 Å². The van der Waals surface area contributed by atoms with Crippen LogP contribution in [-0.2, 0) is 0 Å². The number of anilines is 1. The van der Waals surface area contributed by atoms with E-state index < -0.39 is 5.97 Å². The van der Waals surface area contributed by atoms with Crippen LogP contribution in [0.3, 0.4) is 0 Å². The van der Waals surface area contributed by atoms with Crippen molar-refractivity contribution >= 4 is 11.8 Å². The largest absolute Gasteiger partial charge is 0.478 e. The highest BCUT2D eigenvalue weighted by atomic mass is 16.4. The van der Waals surface area contributed by atoms with Gasteiger partial charge in [-0.3, -0.25) is 0 Å². The number of hydrogen-bond acceptors (Lipinski definition) is 4. The molecule has 0 saturated carbocycles. The second-order valence-electron chi connectivity index (χ2n) is 5.45. The van der Waals surface area contributed by atoms with Crippen LogP contribution >= 0.6 is 0 Å². The second-order valence-corrected chi connectivity index (χ2v) is 5.45. The molecule has 0 atom stereocenters. The van der Waals surface area contributed by atoms with Gasteiger partial charge in [-0.2, -0.15) is 0 Å². The summed E-state index contributed by atoms with van der Waals surface area (Å²) < 4.78 is 0. The topological polar surface area (TPSA) is 65.5 Å². The normalized spacial score (nSPS) is 17.1. The summed E-state index contributed by atoms with van der Waals surface area (Å²) in [6.45, 7) is 7.39. The van der Waals surface area contributed by atoms with Crippen LogP contribution in [-0.4, -0.2) is 46.6 Å². The molecule has 2 heterocycles. The van der Waals surface area contributed by atoms with E-state index in [1.165, 1.54) is 13.0 Å². The minimum Gasteiger partial charge on any atom is -0.478 e. The minimum atomic E-state index is -0.906. The van der Waals surface area contributed by atoms with Crippen molar-refractivity contribution in [2.45, 2.75) is 39.2 Å². The van der Waals surface area contributed by atoms with Crippen molar-refractivity contribution in [1.29, 1.82) is 0 Å². The molecule has 0 aliphatic carbocycles. The Morgan fingerprint density at radius 3 is 2.75 bits per heavy atom. The minimum absolute atomic E-state index is 0.295. The molecule has 1 aliphatic heterocycles. The Balaban J connectivity index is 1.96. The average Bonchev–Trinajstić information content (AvgIpc) is 2.40. The highest BCUT2D eigenvalue weighted by Crippen LogP contribution is 2.17. The number of carbonyl (C=O) groups is 1. The van der Waals surface area contributed by atoms with Gasteiger partial charge in [0.15, 0.2) is 0 Å². The summed E-state index contributed by atoms with van der Waals surface area (Å²) in [5, 5.41) is 12.4. The Labute approximate surface area is 120 Å². The van der Waals surface area contributed by atoms with Gasteiger partial charge in [0.1, 0.15) is 5.82 Å². The highest BCUT2D eigenvalue weighted by Gasteiger charge is 2.19. The zero-order valence-corrected chi connectivity index (χ0v) is 12.2. The molecular formula is C15H23N3O2. The maximum Gasteiger partial charge on any atom is 0.335 e. The Bertz CT molecular complexity index is 468. The number of nitrogens with one attached hydrogen (secondary N) is 1. The third kappa shape index (κ3) is 3.93. The molecule has 0 bridgehead atoms. The van der Waals surface area contributed by atoms with Gasteiger partial charge >= 0.3 is 5.97 Å². The first-order chi connectivity index (χ1) is 9.58. The van der Waals surface area contributed by atoms with E-state index in [0.29, 0.717) is 17.4 Å². The number of aryl methyl sites for hydroxylation is 1. The fraction of sp³-hybridized carbons (Fsp3) is 0.600. The summed E-state index contributed by atoms with van der Waals surface area (Å²) >= 11 is 0. The number of hydrogen-bond donors (Lipinski definition) is 2. The lowest BCUT2D eigenvalue weighted by Gasteiger charge is -2.32. The molecule has 2 N–H and O–H groups in total. The third-order valence-corrected chi connectivity index (χ3v) is 3.68. The predicted octanol–water partition coefficient (Wildman–Crippen LogP) is 2.37. The number of likely N-dealkylation sites (tertiary alicyclic amines) is 1. The van der Waals surface area contributed by atoms with Crippen LogP contribution in [0.4, 0.5) is 5.82 Å². The Morgan fingerprint density at radius 2 is 2.15 bits per heavy atom. The SMILES string of the molecule is CCCN1CCC(Nc2cc(C(=O)O)cc(C)n2)CC1. The summed E-state index contributed by atoms with van der Waals surface area (Å²) in [5.74, 6) is -0.229. The maximum atomic E-state index is 11.1. The number of rotatable bonds is 5. The molecule has 20 heavy (non-hydrogen) atoms. The zero-order chi connectivity index (χ0) is 14.5. The first-order valence-electron chi connectivity index (χ1n) is 7.29. The lowest BCUT2D eigenvalue weighted by Crippen LogP contribution is -2.39. The summed E-state index contributed by atoms with van der Waals surface area (Å²) in [4.78, 5) is 17.9. The highest BCUT2D eigenvalue weighted by molar-refractivity contribution is 5.88. The van der Waals surface area contributed by atoms with Gasteiger partial charge in [-0.15, -0.1) is 0 Å². The summed E-state index contributed by atoms with van der Waals surface area (Å²) in [5.41, 5.74) is 1.03. The van der Waals surface area contributed by atoms with E-state index in [0.717, 1.165) is 31.6 Å². The van der Waals surface area contributed by atoms with Gasteiger partial charge < -0.3 is 15.3 Å². The lowest BCUT2D eigenvalue weighted by molar-refractivity contribution is 0.0696. The van der Waals surface area contributed by atoms with Gasteiger partial charge in [-0.05, 0) is 44.9 Å². The smallest absolute Gasteiger partial charge is 0.335 e. The molecular weight excluding hydrogens is 254 g/mol. The molecule has 2 rings (SSSR count). The fourth-order valence-electron chi connectivity index (χ4n) is 2.69. The molecule has 0 aromatic carbocycles. The summed E-state index contributed by atoms with van der Waals surface area (Å²) in [6.07, 6.45) is 3.36. The van der Waals surface area contributed by atoms with E-state index in [-0.39, 0.29) is 0 Å². The molecule has 1 saturated heterocycles. The van der Waals surface area contributed by atoms with Crippen LogP contribution in [0.2, 0.25) is 0 Å². The Hall–Kier alpha value is -1.62. The number of piperidine rings is 1. The number of aromatic carboxylic acids is 1. The van der Waals surface area contributed by atoms with Gasteiger partial charge in [0.05, 0.1) is 5.56 Å². The zero-order valence-electron chi connectivity index (χ0n) is 12.2. The van der Waals surface area contributed by atoms with E-state index in [2.05, 4.69) is 22.1 Å². The first kappa shape index (κ1) is 14.8. The van der Waals surface area contributed by atoms with Crippen molar-refractivity contribution in [2.24, 2.45) is 0 Å². The van der Waals surface area contributed by atoms with Gasteiger partial charge in [-0.1, -0.05) is 6.92 Å². The lowest BCUT2D eigenvalue weighted by atomic mass is 10.0. The molecule has 0 spiro atoms. The van der Waals surface area contributed by atoms with Crippen LogP contribution in [0.25, 0.3) is 0 Å². The molecule has 1 aromatic rings. The van der Waals surface area contributed by atoms with Crippen LogP contribution in [0.5, 0.6) is 0 Å². The molecule has 0 amide bonds. The Kier molecular flexibility index (Phi) is 4.95. The van der Waals surface area contributed by atoms with Crippen LogP contribution in [0.1, 0.15) is 42.2 Å². The molecule has 1 aliphatic rings. The van der Waals surface area contributed by atoms with Gasteiger partial charge in [0, 0.05) is 24.8 Å². The maximum absolute atomic E-state index is 11.1. The monoisotopic (exact) mass is 277 g/mol. The van der Waals surface area contributed by atoms with E-state index in [1.807, 2.05) is 6.92 Å². The molecule has 1 aromatic heterocycles. The van der Waals surface area contributed by atoms with Crippen LogP contribution < -0.4 is 5.32 Å². The summed E-state index contributed by atoms with van der Waals surface area (Å²) in [6, 6.07) is 3.60. The van der Waals surface area contributed by atoms with Crippen molar-refractivity contribution in [3.8, 4) is 0 Å². The quantitative estimate of drug-likeness (QED) is 0.865. The van der Waals surface area contributed by atoms with Crippen molar-refractivity contribution in [3.63, 3.8) is 0 Å². The van der Waals surface area contributed by atoms with E-state index in [9.17, 15) is 4.79 Å².